The largest absolute Gasteiger partial charge is 0.481 e. The van der Waals surface area contributed by atoms with E-state index in [1.165, 1.54) is 0 Å². The molecule has 0 atom stereocenters. The van der Waals surface area contributed by atoms with Crippen molar-refractivity contribution in [2.45, 2.75) is 39.7 Å². The van der Waals surface area contributed by atoms with Gasteiger partial charge in [0, 0.05) is 19.2 Å². The molecule has 5 heteroatoms. The molecule has 0 aromatic carbocycles. The number of unbranched alkanes of at least 4 members (excludes halogenated alkanes) is 1. The lowest BCUT2D eigenvalue weighted by Gasteiger charge is -2.09. The molecule has 0 radical (unpaired) electrons. The maximum absolute atomic E-state index is 5.48. The fourth-order valence-corrected chi connectivity index (χ4v) is 1.50. The molecule has 0 spiro atoms. The maximum atomic E-state index is 5.48. The van der Waals surface area contributed by atoms with E-state index in [2.05, 4.69) is 15.3 Å². The zero-order chi connectivity index (χ0) is 13.4. The number of rotatable bonds is 8. The van der Waals surface area contributed by atoms with Crippen LogP contribution < -0.4 is 10.1 Å². The first-order chi connectivity index (χ1) is 8.61. The second kappa shape index (κ2) is 7.87. The smallest absolute Gasteiger partial charge is 0.218 e. The molecular weight excluding hydrogens is 230 g/mol. The molecule has 1 aromatic heterocycles. The number of hydrogen-bond donors (Lipinski definition) is 1. The van der Waals surface area contributed by atoms with Gasteiger partial charge in [-0.15, -0.1) is 0 Å². The highest BCUT2D eigenvalue weighted by Crippen LogP contribution is 2.12. The Morgan fingerprint density at radius 3 is 2.72 bits per heavy atom. The van der Waals surface area contributed by atoms with Crippen molar-refractivity contribution in [1.82, 2.24) is 9.97 Å². The molecule has 0 unspecified atom stereocenters. The van der Waals surface area contributed by atoms with Crippen LogP contribution >= 0.6 is 0 Å². The van der Waals surface area contributed by atoms with Gasteiger partial charge in [0.05, 0.1) is 13.2 Å². The molecule has 1 rings (SSSR count). The third-order valence-corrected chi connectivity index (χ3v) is 2.35. The number of aryl methyl sites for hydroxylation is 1. The second-order valence-corrected chi connectivity index (χ2v) is 4.40. The Hall–Kier alpha value is -1.36. The second-order valence-electron chi connectivity index (χ2n) is 4.40. The summed E-state index contributed by atoms with van der Waals surface area (Å²) in [5.74, 6) is 2.11. The highest BCUT2D eigenvalue weighted by atomic mass is 16.5. The Kier molecular flexibility index (Phi) is 6.43. The lowest BCUT2D eigenvalue weighted by Crippen LogP contribution is -2.08. The normalized spacial score (nSPS) is 10.7. The van der Waals surface area contributed by atoms with Crippen molar-refractivity contribution in [1.29, 1.82) is 0 Å². The van der Waals surface area contributed by atoms with Crippen LogP contribution in [0.2, 0.25) is 0 Å². The van der Waals surface area contributed by atoms with Crippen LogP contribution in [0.15, 0.2) is 6.07 Å². The summed E-state index contributed by atoms with van der Waals surface area (Å²) in [7, 11) is 1.61. The van der Waals surface area contributed by atoms with Gasteiger partial charge in [0.15, 0.2) is 0 Å². The van der Waals surface area contributed by atoms with Gasteiger partial charge in [-0.2, -0.15) is 4.98 Å². The maximum Gasteiger partial charge on any atom is 0.218 e. The summed E-state index contributed by atoms with van der Waals surface area (Å²) < 4.78 is 10.6. The number of nitrogens with one attached hydrogen (secondary N) is 1. The molecule has 0 aliphatic carbocycles. The Labute approximate surface area is 109 Å². The number of anilines is 1. The van der Waals surface area contributed by atoms with E-state index >= 15 is 0 Å². The van der Waals surface area contributed by atoms with E-state index in [1.54, 1.807) is 13.2 Å². The SMILES string of the molecule is COc1cc(NCCCCOC(C)C)nc(C)n1. The van der Waals surface area contributed by atoms with Crippen LogP contribution in [0.25, 0.3) is 0 Å². The molecule has 0 bridgehead atoms. The van der Waals surface area contributed by atoms with Crippen molar-refractivity contribution in [3.63, 3.8) is 0 Å². The van der Waals surface area contributed by atoms with Crippen molar-refractivity contribution in [2.24, 2.45) is 0 Å². The third kappa shape index (κ3) is 5.82. The van der Waals surface area contributed by atoms with Crippen LogP contribution in [0.4, 0.5) is 5.82 Å². The van der Waals surface area contributed by atoms with Gasteiger partial charge in [-0.25, -0.2) is 4.98 Å². The van der Waals surface area contributed by atoms with E-state index in [9.17, 15) is 0 Å². The number of ether oxygens (including phenoxy) is 2. The lowest BCUT2D eigenvalue weighted by molar-refractivity contribution is 0.0765. The zero-order valence-corrected chi connectivity index (χ0v) is 11.7. The van der Waals surface area contributed by atoms with Crippen LogP contribution in [-0.4, -0.2) is 36.3 Å². The molecule has 1 aromatic rings. The van der Waals surface area contributed by atoms with E-state index in [0.29, 0.717) is 17.8 Å². The summed E-state index contributed by atoms with van der Waals surface area (Å²) in [4.78, 5) is 8.43. The molecule has 0 saturated carbocycles. The molecule has 0 aliphatic rings. The van der Waals surface area contributed by atoms with Crippen molar-refractivity contribution < 1.29 is 9.47 Å². The summed E-state index contributed by atoms with van der Waals surface area (Å²) in [6.45, 7) is 7.64. The van der Waals surface area contributed by atoms with Gasteiger partial charge in [-0.05, 0) is 33.6 Å². The summed E-state index contributed by atoms with van der Waals surface area (Å²) in [6, 6.07) is 1.80. The van der Waals surface area contributed by atoms with Gasteiger partial charge >= 0.3 is 0 Å². The van der Waals surface area contributed by atoms with Crippen LogP contribution in [0.5, 0.6) is 5.88 Å². The molecule has 0 aliphatic heterocycles. The molecule has 5 nitrogen and oxygen atoms in total. The lowest BCUT2D eigenvalue weighted by atomic mass is 10.3. The molecule has 102 valence electrons. The van der Waals surface area contributed by atoms with E-state index in [0.717, 1.165) is 31.8 Å². The predicted molar refractivity (Wildman–Crippen MR) is 72.1 cm³/mol. The van der Waals surface area contributed by atoms with Gasteiger partial charge in [0.1, 0.15) is 11.6 Å². The van der Waals surface area contributed by atoms with Crippen LogP contribution in [-0.2, 0) is 4.74 Å². The molecule has 1 heterocycles. The Morgan fingerprint density at radius 1 is 1.28 bits per heavy atom. The van der Waals surface area contributed by atoms with Gasteiger partial charge in [-0.1, -0.05) is 0 Å². The van der Waals surface area contributed by atoms with Crippen LogP contribution in [0.1, 0.15) is 32.5 Å². The Morgan fingerprint density at radius 2 is 2.06 bits per heavy atom. The van der Waals surface area contributed by atoms with Crippen molar-refractivity contribution >= 4 is 5.82 Å². The number of nitrogens with zero attached hydrogens (tertiary/aromatic N) is 2. The van der Waals surface area contributed by atoms with E-state index < -0.39 is 0 Å². The van der Waals surface area contributed by atoms with Crippen LogP contribution in [0, 0.1) is 6.92 Å². The number of methoxy groups -OCH3 is 1. The first kappa shape index (κ1) is 14.7. The minimum atomic E-state index is 0.312. The summed E-state index contributed by atoms with van der Waals surface area (Å²) >= 11 is 0. The summed E-state index contributed by atoms with van der Waals surface area (Å²) in [6.07, 6.45) is 2.41. The third-order valence-electron chi connectivity index (χ3n) is 2.35. The standard InChI is InChI=1S/C13H23N3O2/c1-10(2)18-8-6-5-7-14-12-9-13(17-4)16-11(3)15-12/h9-10H,5-8H2,1-4H3,(H,14,15,16). The fourth-order valence-electron chi connectivity index (χ4n) is 1.50. The quantitative estimate of drug-likeness (QED) is 0.721. The van der Waals surface area contributed by atoms with E-state index in [-0.39, 0.29) is 0 Å². The Bertz CT molecular complexity index is 356. The highest BCUT2D eigenvalue weighted by Gasteiger charge is 2.01. The molecule has 0 fully saturated rings. The zero-order valence-electron chi connectivity index (χ0n) is 11.7. The van der Waals surface area contributed by atoms with Crippen molar-refractivity contribution in [3.05, 3.63) is 11.9 Å². The van der Waals surface area contributed by atoms with Gasteiger partial charge in [0.25, 0.3) is 0 Å². The van der Waals surface area contributed by atoms with Crippen molar-refractivity contribution in [2.75, 3.05) is 25.6 Å². The molecule has 18 heavy (non-hydrogen) atoms. The average molecular weight is 253 g/mol. The fraction of sp³-hybridized carbons (Fsp3) is 0.692. The van der Waals surface area contributed by atoms with E-state index in [1.807, 2.05) is 20.8 Å². The summed E-state index contributed by atoms with van der Waals surface area (Å²) in [5.41, 5.74) is 0. The predicted octanol–water partition coefficient (Wildman–Crippen LogP) is 2.41. The van der Waals surface area contributed by atoms with Gasteiger partial charge < -0.3 is 14.8 Å². The first-order valence-corrected chi connectivity index (χ1v) is 6.37. The molecule has 0 amide bonds. The van der Waals surface area contributed by atoms with Crippen LogP contribution in [0.3, 0.4) is 0 Å². The topological polar surface area (TPSA) is 56.3 Å². The van der Waals surface area contributed by atoms with E-state index in [4.69, 9.17) is 9.47 Å². The number of hydrogen-bond acceptors (Lipinski definition) is 5. The molecule has 0 saturated heterocycles. The minimum Gasteiger partial charge on any atom is -0.481 e. The van der Waals surface area contributed by atoms with Gasteiger partial charge in [0.2, 0.25) is 5.88 Å². The molecule has 1 N–H and O–H groups in total. The van der Waals surface area contributed by atoms with Gasteiger partial charge in [-0.3, -0.25) is 0 Å². The monoisotopic (exact) mass is 253 g/mol. The minimum absolute atomic E-state index is 0.312. The molecular formula is C13H23N3O2. The Balaban J connectivity index is 2.24. The van der Waals surface area contributed by atoms with Crippen molar-refractivity contribution in [3.8, 4) is 5.88 Å². The number of aromatic nitrogens is 2. The summed E-state index contributed by atoms with van der Waals surface area (Å²) in [5, 5.41) is 3.26. The highest BCUT2D eigenvalue weighted by molar-refractivity contribution is 5.38. The first-order valence-electron chi connectivity index (χ1n) is 6.37. The average Bonchev–Trinajstić information content (AvgIpc) is 2.32.